The molecule has 0 bridgehead atoms. The number of aliphatic hydroxyl groups excluding tert-OH is 2. The number of nitrogens with zero attached hydrogens (tertiary/aromatic N) is 2. The van der Waals surface area contributed by atoms with E-state index in [2.05, 4.69) is 35.4 Å². The van der Waals surface area contributed by atoms with E-state index in [-0.39, 0.29) is 24.0 Å². The Kier molecular flexibility index (Phi) is 7.96. The van der Waals surface area contributed by atoms with Gasteiger partial charge >= 0.3 is 10.3 Å². The first kappa shape index (κ1) is 25.8. The second-order valence-corrected chi connectivity index (χ2v) is 11.3. The number of anilines is 1. The third-order valence-electron chi connectivity index (χ3n) is 5.73. The van der Waals surface area contributed by atoms with Crippen LogP contribution in [0.15, 0.2) is 52.7 Å². The summed E-state index contributed by atoms with van der Waals surface area (Å²) >= 11 is 4.60. The highest BCUT2D eigenvalue weighted by Crippen LogP contribution is 2.32. The number of nitrogens with one attached hydrogen (secondary N) is 1. The van der Waals surface area contributed by atoms with Crippen molar-refractivity contribution in [1.82, 2.24) is 9.97 Å². The summed E-state index contributed by atoms with van der Waals surface area (Å²) in [4.78, 5) is 21.9. The second kappa shape index (κ2) is 10.8. The molecule has 13 heteroatoms. The molecule has 1 aliphatic carbocycles. The van der Waals surface area contributed by atoms with E-state index in [1.54, 1.807) is 17.5 Å². The number of halogens is 1. The predicted molar refractivity (Wildman–Crippen MR) is 133 cm³/mol. The maximum atomic E-state index is 13.3. The number of aromatic nitrogens is 2. The Morgan fingerprint density at radius 2 is 2.11 bits per heavy atom. The number of thiophene rings is 1. The standard InChI is InChI=1S/C22H23BrN4O6S2/c23-15-3-1-2-12(4-15)20(29)14-6-19(34-10-14)21(30)17-8-25-11-26-22(17)27-16-5-13(18(28)7-16)9-33-35(24,31)32/h1-4,6,8,10-11,13,16,18,20,28-29H,5,7,9H2,(H2,24,31,32)(H,25,26,27)/t13-,16-,18+,20?/m1/s1. The van der Waals surface area contributed by atoms with Crippen LogP contribution in [0.3, 0.4) is 0 Å². The summed E-state index contributed by atoms with van der Waals surface area (Å²) in [6.07, 6.45) is 1.76. The zero-order valence-electron chi connectivity index (χ0n) is 18.2. The van der Waals surface area contributed by atoms with Crippen molar-refractivity contribution in [1.29, 1.82) is 0 Å². The van der Waals surface area contributed by atoms with Gasteiger partial charge in [0.05, 0.1) is 23.2 Å². The molecule has 3 aromatic rings. The Hall–Kier alpha value is -2.26. The van der Waals surface area contributed by atoms with Crippen LogP contribution in [-0.4, -0.2) is 53.1 Å². The minimum atomic E-state index is -4.10. The Morgan fingerprint density at radius 1 is 1.31 bits per heavy atom. The van der Waals surface area contributed by atoms with Gasteiger partial charge < -0.3 is 15.5 Å². The summed E-state index contributed by atoms with van der Waals surface area (Å²) < 4.78 is 27.6. The van der Waals surface area contributed by atoms with Gasteiger partial charge in [-0.3, -0.25) is 8.98 Å². The zero-order chi connectivity index (χ0) is 25.2. The molecule has 0 saturated heterocycles. The van der Waals surface area contributed by atoms with Gasteiger partial charge in [-0.2, -0.15) is 8.42 Å². The van der Waals surface area contributed by atoms with Gasteiger partial charge in [-0.1, -0.05) is 28.1 Å². The lowest BCUT2D eigenvalue weighted by molar-refractivity contribution is 0.101. The predicted octanol–water partition coefficient (Wildman–Crippen LogP) is 2.38. The smallest absolute Gasteiger partial charge is 0.333 e. The van der Waals surface area contributed by atoms with Crippen molar-refractivity contribution in [3.63, 3.8) is 0 Å². The highest BCUT2D eigenvalue weighted by molar-refractivity contribution is 9.10. The van der Waals surface area contributed by atoms with E-state index in [4.69, 9.17) is 5.14 Å². The van der Waals surface area contributed by atoms with Gasteiger partial charge in [0.25, 0.3) is 0 Å². The zero-order valence-corrected chi connectivity index (χ0v) is 21.5. The summed E-state index contributed by atoms with van der Waals surface area (Å²) in [6.45, 7) is -0.230. The van der Waals surface area contributed by atoms with Gasteiger partial charge in [0.1, 0.15) is 18.2 Å². The normalized spacial score (nSPS) is 21.1. The van der Waals surface area contributed by atoms with Crippen LogP contribution in [0.25, 0.3) is 0 Å². The lowest BCUT2D eigenvalue weighted by atomic mass is 10.0. The van der Waals surface area contributed by atoms with Crippen LogP contribution in [0.4, 0.5) is 5.82 Å². The Bertz CT molecular complexity index is 1320. The minimum Gasteiger partial charge on any atom is -0.393 e. The quantitative estimate of drug-likeness (QED) is 0.277. The summed E-state index contributed by atoms with van der Waals surface area (Å²) in [6, 6.07) is 8.69. The van der Waals surface area contributed by atoms with Crippen molar-refractivity contribution in [2.45, 2.75) is 31.1 Å². The number of hydrogen-bond acceptors (Lipinski definition) is 10. The fourth-order valence-corrected chi connectivity index (χ4v) is 5.66. The minimum absolute atomic E-state index is 0.230. The molecule has 5 N–H and O–H groups in total. The molecule has 1 fully saturated rings. The molecule has 1 aromatic carbocycles. The number of ketones is 1. The number of carbonyl (C=O) groups excluding carboxylic acids is 1. The highest BCUT2D eigenvalue weighted by atomic mass is 79.9. The second-order valence-electron chi connectivity index (χ2n) is 8.23. The van der Waals surface area contributed by atoms with E-state index in [1.807, 2.05) is 18.2 Å². The number of rotatable bonds is 9. The largest absolute Gasteiger partial charge is 0.393 e. The third-order valence-corrected chi connectivity index (χ3v) is 7.63. The molecule has 0 amide bonds. The number of aliphatic hydroxyl groups is 2. The molecular formula is C22H23BrN4O6S2. The molecule has 0 radical (unpaired) electrons. The van der Waals surface area contributed by atoms with Crippen LogP contribution < -0.4 is 10.5 Å². The lowest BCUT2D eigenvalue weighted by Crippen LogP contribution is -2.24. The SMILES string of the molecule is NS(=O)(=O)OC[C@H]1C[C@@H](Nc2ncncc2C(=O)c2cc(C(O)c3cccc(Br)c3)cs2)C[C@@H]1O. The van der Waals surface area contributed by atoms with Crippen molar-refractivity contribution in [2.75, 3.05) is 11.9 Å². The van der Waals surface area contributed by atoms with Crippen LogP contribution in [0.5, 0.6) is 0 Å². The first-order valence-corrected chi connectivity index (χ1v) is 13.7. The Morgan fingerprint density at radius 3 is 2.86 bits per heavy atom. The average Bonchev–Trinajstić information content (AvgIpc) is 3.43. The molecular weight excluding hydrogens is 560 g/mol. The molecule has 4 atom stereocenters. The molecule has 2 heterocycles. The number of carbonyl (C=O) groups is 1. The molecule has 35 heavy (non-hydrogen) atoms. The third kappa shape index (κ3) is 6.50. The lowest BCUT2D eigenvalue weighted by Gasteiger charge is -2.15. The summed E-state index contributed by atoms with van der Waals surface area (Å²) in [5.74, 6) is -0.442. The molecule has 0 spiro atoms. The summed E-state index contributed by atoms with van der Waals surface area (Å²) in [5, 5.41) is 30.8. The number of hydrogen-bond donors (Lipinski definition) is 4. The molecule has 10 nitrogen and oxygen atoms in total. The van der Waals surface area contributed by atoms with Gasteiger partial charge in [-0.15, -0.1) is 11.3 Å². The van der Waals surface area contributed by atoms with Gasteiger partial charge in [0.2, 0.25) is 5.78 Å². The van der Waals surface area contributed by atoms with Crippen LogP contribution >= 0.6 is 27.3 Å². The van der Waals surface area contributed by atoms with E-state index in [0.29, 0.717) is 34.7 Å². The van der Waals surface area contributed by atoms with E-state index in [9.17, 15) is 23.4 Å². The first-order valence-electron chi connectivity index (χ1n) is 10.6. The van der Waals surface area contributed by atoms with Gasteiger partial charge in [0.15, 0.2) is 0 Å². The van der Waals surface area contributed by atoms with E-state index < -0.39 is 28.4 Å². The molecule has 2 aromatic heterocycles. The van der Waals surface area contributed by atoms with Crippen LogP contribution in [-0.2, 0) is 14.5 Å². The monoisotopic (exact) mass is 582 g/mol. The van der Waals surface area contributed by atoms with Gasteiger partial charge in [0, 0.05) is 22.6 Å². The van der Waals surface area contributed by atoms with E-state index in [1.165, 1.54) is 23.9 Å². The fourth-order valence-electron chi connectivity index (χ4n) is 4.00. The first-order chi connectivity index (χ1) is 16.6. The van der Waals surface area contributed by atoms with Crippen LogP contribution in [0.2, 0.25) is 0 Å². The maximum Gasteiger partial charge on any atom is 0.333 e. The van der Waals surface area contributed by atoms with Crippen LogP contribution in [0, 0.1) is 5.92 Å². The average molecular weight is 583 g/mol. The Labute approximate surface area is 214 Å². The van der Waals surface area contributed by atoms with Gasteiger partial charge in [-0.25, -0.2) is 15.1 Å². The van der Waals surface area contributed by atoms with Gasteiger partial charge in [-0.05, 0) is 47.5 Å². The molecule has 0 aliphatic heterocycles. The molecule has 186 valence electrons. The van der Waals surface area contributed by atoms with Crippen molar-refractivity contribution < 1.29 is 27.6 Å². The molecule has 1 saturated carbocycles. The molecule has 4 rings (SSSR count). The molecule has 1 aliphatic rings. The van der Waals surface area contributed by atoms with Crippen molar-refractivity contribution in [2.24, 2.45) is 11.1 Å². The van der Waals surface area contributed by atoms with Crippen molar-refractivity contribution in [3.05, 3.63) is 74.3 Å². The van der Waals surface area contributed by atoms with E-state index in [0.717, 1.165) is 4.47 Å². The van der Waals surface area contributed by atoms with Crippen molar-refractivity contribution in [3.8, 4) is 0 Å². The molecule has 1 unspecified atom stereocenters. The number of benzene rings is 1. The summed E-state index contributed by atoms with van der Waals surface area (Å²) in [5.41, 5.74) is 1.54. The topological polar surface area (TPSA) is 165 Å². The summed E-state index contributed by atoms with van der Waals surface area (Å²) in [7, 11) is -4.10. The number of nitrogens with two attached hydrogens (primary N) is 1. The van der Waals surface area contributed by atoms with E-state index >= 15 is 0 Å². The van der Waals surface area contributed by atoms with Crippen LogP contribution in [0.1, 0.15) is 45.3 Å². The maximum absolute atomic E-state index is 13.3. The fraction of sp³-hybridized carbons (Fsp3) is 0.318. The van der Waals surface area contributed by atoms with Crippen molar-refractivity contribution >= 4 is 49.2 Å². The Balaban J connectivity index is 1.47. The highest BCUT2D eigenvalue weighted by Gasteiger charge is 2.35.